The lowest BCUT2D eigenvalue weighted by atomic mass is 9.85. The molecule has 0 saturated heterocycles. The minimum Gasteiger partial charge on any atom is -0.472 e. The van der Waals surface area contributed by atoms with Crippen molar-refractivity contribution in [1.29, 1.82) is 5.26 Å². The van der Waals surface area contributed by atoms with E-state index in [0.717, 1.165) is 36.8 Å². The Morgan fingerprint density at radius 1 is 1.09 bits per heavy atom. The van der Waals surface area contributed by atoms with Gasteiger partial charge >= 0.3 is 0 Å². The summed E-state index contributed by atoms with van der Waals surface area (Å²) in [5.41, 5.74) is 2.37. The van der Waals surface area contributed by atoms with Gasteiger partial charge in [0, 0.05) is 24.1 Å². The molecule has 0 spiro atoms. The van der Waals surface area contributed by atoms with Crippen LogP contribution in [0.5, 0.6) is 5.88 Å². The summed E-state index contributed by atoms with van der Waals surface area (Å²) in [6.07, 6.45) is 6.91. The number of nitriles is 1. The smallest absolute Gasteiger partial charge is 0.227 e. The highest BCUT2D eigenvalue weighted by molar-refractivity contribution is 5.95. The fourth-order valence-electron chi connectivity index (χ4n) is 4.41. The molecule has 1 fully saturated rings. The number of halogens is 1. The summed E-state index contributed by atoms with van der Waals surface area (Å²) < 4.78 is 21.7. The predicted octanol–water partition coefficient (Wildman–Crippen LogP) is 5.54. The second-order valence-electron chi connectivity index (χ2n) is 8.16. The largest absolute Gasteiger partial charge is 0.472 e. The first-order valence-electron chi connectivity index (χ1n) is 11.0. The van der Waals surface area contributed by atoms with Crippen LogP contribution in [-0.2, 0) is 6.61 Å². The topological polar surface area (TPSA) is 88.7 Å². The second-order valence-corrected chi connectivity index (χ2v) is 8.16. The van der Waals surface area contributed by atoms with Crippen molar-refractivity contribution in [3.05, 3.63) is 72.4 Å². The molecule has 166 valence electrons. The maximum atomic E-state index is 13.7. The normalized spacial score (nSPS) is 18.1. The molecule has 0 aliphatic heterocycles. The van der Waals surface area contributed by atoms with Crippen LogP contribution in [0.15, 0.2) is 60.9 Å². The van der Waals surface area contributed by atoms with E-state index in [0.29, 0.717) is 29.4 Å². The van der Waals surface area contributed by atoms with E-state index in [2.05, 4.69) is 21.4 Å². The molecular formula is C25H23FN6O. The number of nitrogens with one attached hydrogen (secondary N) is 1. The summed E-state index contributed by atoms with van der Waals surface area (Å²) >= 11 is 0. The minimum atomic E-state index is -0.584. The number of aromatic nitrogens is 4. The van der Waals surface area contributed by atoms with E-state index in [1.54, 1.807) is 12.3 Å². The zero-order valence-corrected chi connectivity index (χ0v) is 18.0. The van der Waals surface area contributed by atoms with E-state index >= 15 is 0 Å². The van der Waals surface area contributed by atoms with Crippen molar-refractivity contribution < 1.29 is 9.13 Å². The van der Waals surface area contributed by atoms with Gasteiger partial charge in [-0.25, -0.2) is 9.97 Å². The van der Waals surface area contributed by atoms with Gasteiger partial charge < -0.3 is 10.1 Å². The van der Waals surface area contributed by atoms with Crippen molar-refractivity contribution >= 4 is 22.4 Å². The molecule has 3 aromatic heterocycles. The molecule has 1 aliphatic rings. The molecule has 8 heteroatoms. The van der Waals surface area contributed by atoms with Crippen molar-refractivity contribution in [1.82, 2.24) is 19.7 Å². The molecule has 7 nitrogen and oxygen atoms in total. The highest BCUT2D eigenvalue weighted by Crippen LogP contribution is 2.39. The third-order valence-electron chi connectivity index (χ3n) is 6.00. The first-order chi connectivity index (χ1) is 16.2. The van der Waals surface area contributed by atoms with Crippen molar-refractivity contribution in [3.8, 4) is 11.9 Å². The van der Waals surface area contributed by atoms with Gasteiger partial charge in [-0.15, -0.1) is 0 Å². The molecule has 1 N–H and O–H groups in total. The average molecular weight is 442 g/mol. The van der Waals surface area contributed by atoms with Crippen molar-refractivity contribution in [2.75, 3.05) is 5.32 Å². The summed E-state index contributed by atoms with van der Waals surface area (Å²) in [6.45, 7) is 0.353. The Kier molecular flexibility index (Phi) is 5.85. The van der Waals surface area contributed by atoms with Crippen LogP contribution in [0.1, 0.15) is 37.3 Å². The van der Waals surface area contributed by atoms with Crippen molar-refractivity contribution in [3.63, 3.8) is 0 Å². The maximum absolute atomic E-state index is 13.7. The quantitative estimate of drug-likeness (QED) is 0.394. The van der Waals surface area contributed by atoms with Gasteiger partial charge in [-0.3, -0.25) is 4.68 Å². The number of benzene rings is 1. The van der Waals surface area contributed by atoms with Crippen LogP contribution < -0.4 is 10.1 Å². The third kappa shape index (κ3) is 4.35. The molecule has 2 atom stereocenters. The van der Waals surface area contributed by atoms with Crippen LogP contribution >= 0.6 is 0 Å². The molecule has 3 heterocycles. The van der Waals surface area contributed by atoms with E-state index in [1.165, 1.54) is 12.3 Å². The fraction of sp³-hybridized carbons (Fsp3) is 0.280. The van der Waals surface area contributed by atoms with Gasteiger partial charge in [0.1, 0.15) is 12.0 Å². The number of nitrogens with zero attached hydrogens (tertiary/aromatic N) is 5. The van der Waals surface area contributed by atoms with Crippen molar-refractivity contribution in [2.45, 2.75) is 38.3 Å². The van der Waals surface area contributed by atoms with Crippen LogP contribution in [0, 0.1) is 23.2 Å². The molecular weight excluding hydrogens is 419 g/mol. The van der Waals surface area contributed by atoms with Gasteiger partial charge in [-0.1, -0.05) is 43.2 Å². The highest BCUT2D eigenvalue weighted by Gasteiger charge is 2.30. The van der Waals surface area contributed by atoms with Gasteiger partial charge in [-0.05, 0) is 30.5 Å². The molecule has 1 aliphatic carbocycles. The van der Waals surface area contributed by atoms with E-state index < -0.39 is 5.95 Å². The summed E-state index contributed by atoms with van der Waals surface area (Å²) in [4.78, 5) is 8.09. The van der Waals surface area contributed by atoms with Crippen LogP contribution in [0.25, 0.3) is 10.9 Å². The fourth-order valence-corrected chi connectivity index (χ4v) is 4.41. The lowest BCUT2D eigenvalue weighted by Gasteiger charge is -2.27. The van der Waals surface area contributed by atoms with Gasteiger partial charge in [-0.2, -0.15) is 14.8 Å². The number of rotatable bonds is 6. The molecule has 4 aromatic rings. The standard InChI is InChI=1S/C25H23FN6O/c26-22-14-19(10-12-28-22)30-24-23-21(32(31-24)20-9-5-4-8-18(20)15-27)11-13-29-25(23)33-16-17-6-2-1-3-7-17/h1-3,6-7,10-14,18,20H,4-5,8-9,16H2,(H,28,30,31)/t18-,20+/m0/s1. The van der Waals surface area contributed by atoms with E-state index in [-0.39, 0.29) is 12.0 Å². The Balaban J connectivity index is 1.58. The number of hydrogen-bond donors (Lipinski definition) is 1. The Hall–Kier alpha value is -3.99. The predicted molar refractivity (Wildman–Crippen MR) is 122 cm³/mol. The average Bonchev–Trinajstić information content (AvgIpc) is 3.22. The number of hydrogen-bond acceptors (Lipinski definition) is 6. The molecule has 0 unspecified atom stereocenters. The Labute approximate surface area is 190 Å². The monoisotopic (exact) mass is 442 g/mol. The van der Waals surface area contributed by atoms with Gasteiger partial charge in [0.15, 0.2) is 5.82 Å². The lowest BCUT2D eigenvalue weighted by molar-refractivity contribution is 0.277. The van der Waals surface area contributed by atoms with E-state index in [1.807, 2.05) is 41.1 Å². The van der Waals surface area contributed by atoms with Crippen LogP contribution in [-0.4, -0.2) is 19.7 Å². The Morgan fingerprint density at radius 2 is 1.91 bits per heavy atom. The Bertz CT molecular complexity index is 1300. The molecule has 0 bridgehead atoms. The van der Waals surface area contributed by atoms with Crippen LogP contribution in [0.4, 0.5) is 15.9 Å². The van der Waals surface area contributed by atoms with E-state index in [9.17, 15) is 9.65 Å². The van der Waals surface area contributed by atoms with E-state index in [4.69, 9.17) is 9.84 Å². The Morgan fingerprint density at radius 3 is 2.73 bits per heavy atom. The van der Waals surface area contributed by atoms with Gasteiger partial charge in [0.05, 0.1) is 23.5 Å². The zero-order chi connectivity index (χ0) is 22.6. The molecule has 0 amide bonds. The summed E-state index contributed by atoms with van der Waals surface area (Å²) in [7, 11) is 0. The number of anilines is 2. The highest BCUT2D eigenvalue weighted by atomic mass is 19.1. The maximum Gasteiger partial charge on any atom is 0.227 e. The SMILES string of the molecule is N#C[C@@H]1CCCC[C@H]1n1nc(Nc2ccnc(F)c2)c2c(OCc3ccccc3)nccc21. The second kappa shape index (κ2) is 9.25. The first kappa shape index (κ1) is 20.9. The molecule has 33 heavy (non-hydrogen) atoms. The van der Waals surface area contributed by atoms with Gasteiger partial charge in [0.25, 0.3) is 0 Å². The molecule has 0 radical (unpaired) electrons. The minimum absolute atomic E-state index is 0.0413. The number of fused-ring (bicyclic) bond motifs is 1. The molecule has 1 aromatic carbocycles. The molecule has 1 saturated carbocycles. The third-order valence-corrected chi connectivity index (χ3v) is 6.00. The number of ether oxygens (including phenoxy) is 1. The van der Waals surface area contributed by atoms with Crippen LogP contribution in [0.2, 0.25) is 0 Å². The summed E-state index contributed by atoms with van der Waals surface area (Å²) in [5, 5.41) is 18.5. The number of pyridine rings is 2. The van der Waals surface area contributed by atoms with Gasteiger partial charge in [0.2, 0.25) is 11.8 Å². The molecule has 5 rings (SSSR count). The summed E-state index contributed by atoms with van der Waals surface area (Å²) in [5.74, 6) is 0.243. The first-order valence-corrected chi connectivity index (χ1v) is 11.0. The zero-order valence-electron chi connectivity index (χ0n) is 18.0. The summed E-state index contributed by atoms with van der Waals surface area (Å²) in [6, 6.07) is 17.1. The lowest BCUT2D eigenvalue weighted by Crippen LogP contribution is -2.23. The van der Waals surface area contributed by atoms with Crippen LogP contribution in [0.3, 0.4) is 0 Å². The van der Waals surface area contributed by atoms with Crippen molar-refractivity contribution in [2.24, 2.45) is 5.92 Å².